The molecule has 1 aliphatic rings. The van der Waals surface area contributed by atoms with E-state index in [1.54, 1.807) is 13.0 Å². The summed E-state index contributed by atoms with van der Waals surface area (Å²) in [5.74, 6) is 2.64. The molecular formula is C17H20N4O3. The fraction of sp³-hybridized carbons (Fsp3) is 0.353. The number of aryl methyl sites for hydroxylation is 1. The number of aromatic nitrogens is 2. The number of benzene rings is 1. The van der Waals surface area contributed by atoms with Crippen molar-refractivity contribution in [3.8, 4) is 11.5 Å². The van der Waals surface area contributed by atoms with Crippen LogP contribution < -0.4 is 20.1 Å². The zero-order chi connectivity index (χ0) is 17.1. The van der Waals surface area contributed by atoms with Gasteiger partial charge in [0.15, 0.2) is 11.5 Å². The molecule has 1 aromatic carbocycles. The van der Waals surface area contributed by atoms with E-state index in [1.807, 2.05) is 32.0 Å². The summed E-state index contributed by atoms with van der Waals surface area (Å²) >= 11 is 0. The van der Waals surface area contributed by atoms with Crippen molar-refractivity contribution < 1.29 is 14.3 Å². The quantitative estimate of drug-likeness (QED) is 0.877. The first-order valence-corrected chi connectivity index (χ1v) is 7.82. The lowest BCUT2D eigenvalue weighted by Gasteiger charge is -2.10. The molecule has 0 saturated heterocycles. The Bertz CT molecular complexity index is 761. The third-order valence-electron chi connectivity index (χ3n) is 3.39. The molecule has 3 rings (SSSR count). The molecule has 0 aliphatic carbocycles. The maximum atomic E-state index is 12.2. The van der Waals surface area contributed by atoms with Crippen LogP contribution in [0.1, 0.15) is 30.2 Å². The molecule has 0 unspecified atom stereocenters. The highest BCUT2D eigenvalue weighted by Crippen LogP contribution is 2.34. The molecule has 2 heterocycles. The van der Waals surface area contributed by atoms with Gasteiger partial charge in [0.25, 0.3) is 5.91 Å². The van der Waals surface area contributed by atoms with Crippen molar-refractivity contribution in [2.24, 2.45) is 5.92 Å². The van der Waals surface area contributed by atoms with Gasteiger partial charge < -0.3 is 20.1 Å². The van der Waals surface area contributed by atoms with Crippen LogP contribution in [-0.4, -0.2) is 29.2 Å². The number of hydrogen-bond acceptors (Lipinski definition) is 6. The van der Waals surface area contributed by atoms with Crippen LogP contribution in [0.3, 0.4) is 0 Å². The van der Waals surface area contributed by atoms with Crippen LogP contribution in [0.4, 0.5) is 11.5 Å². The molecule has 2 aromatic rings. The first-order chi connectivity index (χ1) is 11.5. The van der Waals surface area contributed by atoms with Gasteiger partial charge in [-0.05, 0) is 25.0 Å². The van der Waals surface area contributed by atoms with E-state index in [9.17, 15) is 4.79 Å². The molecule has 0 fully saturated rings. The normalized spacial score (nSPS) is 12.3. The van der Waals surface area contributed by atoms with Crippen LogP contribution in [0, 0.1) is 12.8 Å². The lowest BCUT2D eigenvalue weighted by Crippen LogP contribution is -2.28. The van der Waals surface area contributed by atoms with Gasteiger partial charge in [-0.25, -0.2) is 9.97 Å². The Hall–Kier alpha value is -2.83. The topological polar surface area (TPSA) is 85.4 Å². The molecule has 2 N–H and O–H groups in total. The number of anilines is 2. The summed E-state index contributed by atoms with van der Waals surface area (Å²) in [6.45, 7) is 6.67. The maximum Gasteiger partial charge on any atom is 0.270 e. The lowest BCUT2D eigenvalue weighted by atomic mass is 10.2. The van der Waals surface area contributed by atoms with Crippen molar-refractivity contribution >= 4 is 17.4 Å². The molecule has 24 heavy (non-hydrogen) atoms. The molecule has 1 amide bonds. The Labute approximate surface area is 140 Å². The van der Waals surface area contributed by atoms with E-state index in [4.69, 9.17) is 9.47 Å². The number of ether oxygens (including phenoxy) is 2. The number of fused-ring (bicyclic) bond motifs is 1. The second-order valence-corrected chi connectivity index (χ2v) is 5.98. The minimum absolute atomic E-state index is 0.206. The second kappa shape index (κ2) is 6.74. The Kier molecular flexibility index (Phi) is 4.50. The van der Waals surface area contributed by atoms with E-state index in [-0.39, 0.29) is 12.7 Å². The van der Waals surface area contributed by atoms with Crippen LogP contribution in [0.5, 0.6) is 11.5 Å². The molecule has 0 saturated carbocycles. The summed E-state index contributed by atoms with van der Waals surface area (Å²) in [5.41, 5.74) is 1.14. The summed E-state index contributed by atoms with van der Waals surface area (Å²) in [5, 5.41) is 6.03. The fourth-order valence-corrected chi connectivity index (χ4v) is 2.26. The Morgan fingerprint density at radius 2 is 2.00 bits per heavy atom. The molecule has 1 aliphatic heterocycles. The van der Waals surface area contributed by atoms with Gasteiger partial charge in [0.1, 0.15) is 17.3 Å². The Balaban J connectivity index is 1.77. The fourth-order valence-electron chi connectivity index (χ4n) is 2.26. The number of hydrogen-bond donors (Lipinski definition) is 2. The summed E-state index contributed by atoms with van der Waals surface area (Å²) in [6.07, 6.45) is 0. The van der Waals surface area contributed by atoms with E-state index in [2.05, 4.69) is 20.6 Å². The zero-order valence-corrected chi connectivity index (χ0v) is 13.9. The number of amides is 1. The van der Waals surface area contributed by atoms with Crippen molar-refractivity contribution in [3.63, 3.8) is 0 Å². The minimum atomic E-state index is -0.206. The summed E-state index contributed by atoms with van der Waals surface area (Å²) < 4.78 is 10.6. The van der Waals surface area contributed by atoms with Gasteiger partial charge in [0, 0.05) is 24.4 Å². The number of rotatable bonds is 5. The molecule has 0 spiro atoms. The van der Waals surface area contributed by atoms with Gasteiger partial charge in [-0.1, -0.05) is 13.8 Å². The first kappa shape index (κ1) is 16.0. The maximum absolute atomic E-state index is 12.2. The number of carbonyl (C=O) groups is 1. The van der Waals surface area contributed by atoms with Gasteiger partial charge in [0.2, 0.25) is 6.79 Å². The van der Waals surface area contributed by atoms with Gasteiger partial charge in [-0.3, -0.25) is 4.79 Å². The highest BCUT2D eigenvalue weighted by atomic mass is 16.7. The third-order valence-corrected chi connectivity index (χ3v) is 3.39. The van der Waals surface area contributed by atoms with Crippen molar-refractivity contribution in [1.82, 2.24) is 15.3 Å². The van der Waals surface area contributed by atoms with E-state index >= 15 is 0 Å². The lowest BCUT2D eigenvalue weighted by molar-refractivity contribution is 0.0943. The van der Waals surface area contributed by atoms with Crippen molar-refractivity contribution in [2.75, 3.05) is 18.7 Å². The molecule has 0 radical (unpaired) electrons. The summed E-state index contributed by atoms with van der Waals surface area (Å²) in [4.78, 5) is 20.7. The van der Waals surface area contributed by atoms with Crippen molar-refractivity contribution in [2.45, 2.75) is 20.8 Å². The van der Waals surface area contributed by atoms with Crippen molar-refractivity contribution in [1.29, 1.82) is 0 Å². The molecule has 7 heteroatoms. The second-order valence-electron chi connectivity index (χ2n) is 5.98. The minimum Gasteiger partial charge on any atom is -0.454 e. The predicted molar refractivity (Wildman–Crippen MR) is 89.8 cm³/mol. The zero-order valence-electron chi connectivity index (χ0n) is 13.9. The number of carbonyl (C=O) groups excluding carboxylic acids is 1. The molecule has 126 valence electrons. The standard InChI is InChI=1S/C17H20N4O3/c1-10(2)8-18-17(22)13-7-16(20-11(3)19-13)21-12-4-5-14-15(6-12)24-9-23-14/h4-7,10H,8-9H2,1-3H3,(H,18,22)(H,19,20,21). The van der Waals surface area contributed by atoms with Crippen LogP contribution in [-0.2, 0) is 0 Å². The summed E-state index contributed by atoms with van der Waals surface area (Å²) in [6, 6.07) is 7.16. The Morgan fingerprint density at radius 1 is 1.21 bits per heavy atom. The molecule has 1 aromatic heterocycles. The molecule has 0 atom stereocenters. The van der Waals surface area contributed by atoms with E-state index < -0.39 is 0 Å². The summed E-state index contributed by atoms with van der Waals surface area (Å²) in [7, 11) is 0. The van der Waals surface area contributed by atoms with Crippen LogP contribution >= 0.6 is 0 Å². The monoisotopic (exact) mass is 328 g/mol. The van der Waals surface area contributed by atoms with E-state index in [0.717, 1.165) is 5.69 Å². The van der Waals surface area contributed by atoms with Crippen LogP contribution in [0.25, 0.3) is 0 Å². The molecular weight excluding hydrogens is 308 g/mol. The van der Waals surface area contributed by atoms with Gasteiger partial charge in [0.05, 0.1) is 0 Å². The van der Waals surface area contributed by atoms with Gasteiger partial charge >= 0.3 is 0 Å². The number of nitrogens with one attached hydrogen (secondary N) is 2. The third kappa shape index (κ3) is 3.73. The molecule has 7 nitrogen and oxygen atoms in total. The smallest absolute Gasteiger partial charge is 0.270 e. The van der Waals surface area contributed by atoms with Crippen molar-refractivity contribution in [3.05, 3.63) is 35.8 Å². The van der Waals surface area contributed by atoms with E-state index in [0.29, 0.717) is 41.3 Å². The largest absolute Gasteiger partial charge is 0.454 e. The average molecular weight is 328 g/mol. The predicted octanol–water partition coefficient (Wildman–Crippen LogP) is 2.64. The average Bonchev–Trinajstić information content (AvgIpc) is 2.99. The highest BCUT2D eigenvalue weighted by molar-refractivity contribution is 5.93. The van der Waals surface area contributed by atoms with Crippen LogP contribution in [0.15, 0.2) is 24.3 Å². The SMILES string of the molecule is Cc1nc(Nc2ccc3c(c2)OCO3)cc(C(=O)NCC(C)C)n1. The Morgan fingerprint density at radius 3 is 2.79 bits per heavy atom. The number of nitrogens with zero attached hydrogens (tertiary/aromatic N) is 2. The van der Waals surface area contributed by atoms with Crippen LogP contribution in [0.2, 0.25) is 0 Å². The van der Waals surface area contributed by atoms with E-state index in [1.165, 1.54) is 0 Å². The van der Waals surface area contributed by atoms with Gasteiger partial charge in [-0.2, -0.15) is 0 Å². The molecule has 0 bridgehead atoms. The highest BCUT2D eigenvalue weighted by Gasteiger charge is 2.14. The first-order valence-electron chi connectivity index (χ1n) is 7.82. The van der Waals surface area contributed by atoms with Gasteiger partial charge in [-0.15, -0.1) is 0 Å².